The first-order valence-electron chi connectivity index (χ1n) is 9.27. The van der Waals surface area contributed by atoms with Crippen LogP contribution in [0.2, 0.25) is 0 Å². The van der Waals surface area contributed by atoms with Gasteiger partial charge in [0.15, 0.2) is 11.6 Å². The average molecular weight is 397 g/mol. The van der Waals surface area contributed by atoms with Crippen molar-refractivity contribution < 1.29 is 14.3 Å². The van der Waals surface area contributed by atoms with Gasteiger partial charge in [-0.1, -0.05) is 6.42 Å². The molecule has 10 heteroatoms. The van der Waals surface area contributed by atoms with Crippen LogP contribution in [0.25, 0.3) is 11.4 Å². The SMILES string of the molecule is Cn1ccc(Nc2ncnc(-c3cc4c(cc3F)[C@H](NC(=O)O)CCCC4)n2)n1. The lowest BCUT2D eigenvalue weighted by Crippen LogP contribution is -2.27. The van der Waals surface area contributed by atoms with Crippen LogP contribution < -0.4 is 10.6 Å². The van der Waals surface area contributed by atoms with Crippen LogP contribution in [0.3, 0.4) is 0 Å². The summed E-state index contributed by atoms with van der Waals surface area (Å²) >= 11 is 0. The van der Waals surface area contributed by atoms with Gasteiger partial charge in [-0.05, 0) is 42.5 Å². The molecule has 1 atom stereocenters. The van der Waals surface area contributed by atoms with E-state index in [9.17, 15) is 9.18 Å². The van der Waals surface area contributed by atoms with Crippen molar-refractivity contribution >= 4 is 17.9 Å². The number of fused-ring (bicyclic) bond motifs is 1. The summed E-state index contributed by atoms with van der Waals surface area (Å²) in [6.07, 6.45) is 5.12. The highest BCUT2D eigenvalue weighted by atomic mass is 19.1. The predicted molar refractivity (Wildman–Crippen MR) is 103 cm³/mol. The summed E-state index contributed by atoms with van der Waals surface area (Å²) < 4.78 is 16.6. The minimum absolute atomic E-state index is 0.200. The first-order valence-corrected chi connectivity index (χ1v) is 9.27. The number of nitrogens with one attached hydrogen (secondary N) is 2. The number of aromatic nitrogens is 5. The van der Waals surface area contributed by atoms with E-state index < -0.39 is 18.0 Å². The third-order valence-corrected chi connectivity index (χ3v) is 4.86. The molecule has 1 amide bonds. The second kappa shape index (κ2) is 7.82. The molecule has 1 aliphatic rings. The lowest BCUT2D eigenvalue weighted by Gasteiger charge is -2.18. The summed E-state index contributed by atoms with van der Waals surface area (Å²) in [5.41, 5.74) is 1.83. The molecule has 0 bridgehead atoms. The summed E-state index contributed by atoms with van der Waals surface area (Å²) in [6.45, 7) is 0. The van der Waals surface area contributed by atoms with E-state index in [2.05, 4.69) is 30.7 Å². The van der Waals surface area contributed by atoms with Crippen molar-refractivity contribution in [2.75, 3.05) is 5.32 Å². The number of aryl methyl sites for hydroxylation is 2. The molecule has 3 aromatic rings. The Hall–Kier alpha value is -3.56. The summed E-state index contributed by atoms with van der Waals surface area (Å²) in [4.78, 5) is 23.6. The van der Waals surface area contributed by atoms with E-state index in [1.54, 1.807) is 30.1 Å². The van der Waals surface area contributed by atoms with Gasteiger partial charge >= 0.3 is 6.09 Å². The smallest absolute Gasteiger partial charge is 0.405 e. The number of hydrogen-bond donors (Lipinski definition) is 3. The third kappa shape index (κ3) is 4.15. The minimum Gasteiger partial charge on any atom is -0.465 e. The second-order valence-corrected chi connectivity index (χ2v) is 6.91. The fourth-order valence-corrected chi connectivity index (χ4v) is 3.55. The van der Waals surface area contributed by atoms with Crippen molar-refractivity contribution in [1.29, 1.82) is 0 Å². The van der Waals surface area contributed by atoms with Crippen molar-refractivity contribution in [2.24, 2.45) is 7.05 Å². The standard InChI is InChI=1S/C19H20FN7O2/c1-27-7-6-16(26-27)24-18-22-10-21-17(25-18)13-8-11-4-2-3-5-15(23-19(28)29)12(11)9-14(13)20/h6-10,15,23H,2-5H2,1H3,(H,28,29)(H,21,22,24,25,26)/t15-/m1/s1. The van der Waals surface area contributed by atoms with Gasteiger partial charge < -0.3 is 15.7 Å². The molecular formula is C19H20FN7O2. The van der Waals surface area contributed by atoms with Gasteiger partial charge in [0.2, 0.25) is 5.95 Å². The molecule has 1 aliphatic carbocycles. The zero-order chi connectivity index (χ0) is 20.4. The number of carbonyl (C=O) groups is 1. The Morgan fingerprint density at radius 3 is 2.93 bits per heavy atom. The predicted octanol–water partition coefficient (Wildman–Crippen LogP) is 3.19. The summed E-state index contributed by atoms with van der Waals surface area (Å²) in [5, 5.41) is 18.8. The van der Waals surface area contributed by atoms with Crippen molar-refractivity contribution in [3.05, 3.63) is 47.7 Å². The first-order chi connectivity index (χ1) is 14.0. The highest BCUT2D eigenvalue weighted by Crippen LogP contribution is 2.33. The Morgan fingerprint density at radius 2 is 2.17 bits per heavy atom. The van der Waals surface area contributed by atoms with Crippen LogP contribution >= 0.6 is 0 Å². The van der Waals surface area contributed by atoms with E-state index in [-0.39, 0.29) is 17.3 Å². The lowest BCUT2D eigenvalue weighted by molar-refractivity contribution is 0.189. The number of amides is 1. The molecular weight excluding hydrogens is 377 g/mol. The van der Waals surface area contributed by atoms with Gasteiger partial charge in [-0.15, -0.1) is 0 Å². The fourth-order valence-electron chi connectivity index (χ4n) is 3.55. The summed E-state index contributed by atoms with van der Waals surface area (Å²) in [7, 11) is 1.79. The Balaban J connectivity index is 1.68. The number of anilines is 2. The van der Waals surface area contributed by atoms with Gasteiger partial charge in [-0.2, -0.15) is 10.1 Å². The Morgan fingerprint density at radius 1 is 1.31 bits per heavy atom. The number of benzene rings is 1. The Bertz CT molecular complexity index is 1050. The Labute approximate surface area is 166 Å². The molecule has 0 saturated heterocycles. The van der Waals surface area contributed by atoms with E-state index in [0.717, 1.165) is 24.8 Å². The summed E-state index contributed by atoms with van der Waals surface area (Å²) in [5.74, 6) is 0.520. The van der Waals surface area contributed by atoms with Crippen LogP contribution in [-0.2, 0) is 13.5 Å². The maximum absolute atomic E-state index is 15.0. The van der Waals surface area contributed by atoms with Gasteiger partial charge in [0.1, 0.15) is 12.1 Å². The van der Waals surface area contributed by atoms with Gasteiger partial charge in [-0.3, -0.25) is 4.68 Å². The van der Waals surface area contributed by atoms with Crippen LogP contribution in [0.15, 0.2) is 30.7 Å². The monoisotopic (exact) mass is 397 g/mol. The van der Waals surface area contributed by atoms with Crippen LogP contribution in [-0.4, -0.2) is 35.9 Å². The number of halogens is 1. The molecule has 2 aromatic heterocycles. The Kier molecular flexibility index (Phi) is 5.07. The molecule has 0 fully saturated rings. The highest BCUT2D eigenvalue weighted by Gasteiger charge is 2.23. The van der Waals surface area contributed by atoms with Crippen molar-refractivity contribution in [3.8, 4) is 11.4 Å². The summed E-state index contributed by atoms with van der Waals surface area (Å²) in [6, 6.07) is 4.45. The van der Waals surface area contributed by atoms with Crippen LogP contribution in [0.1, 0.15) is 36.4 Å². The largest absolute Gasteiger partial charge is 0.465 e. The molecule has 4 rings (SSSR count). The molecule has 0 spiro atoms. The molecule has 3 N–H and O–H groups in total. The maximum Gasteiger partial charge on any atom is 0.405 e. The van der Waals surface area contributed by atoms with Crippen molar-refractivity contribution in [2.45, 2.75) is 31.7 Å². The molecule has 0 saturated carbocycles. The van der Waals surface area contributed by atoms with E-state index in [1.165, 1.54) is 12.4 Å². The minimum atomic E-state index is -1.12. The number of nitrogens with zero attached hydrogens (tertiary/aromatic N) is 5. The zero-order valence-corrected chi connectivity index (χ0v) is 15.8. The van der Waals surface area contributed by atoms with E-state index in [4.69, 9.17) is 5.11 Å². The second-order valence-electron chi connectivity index (χ2n) is 6.91. The average Bonchev–Trinajstić information content (AvgIpc) is 2.99. The van der Waals surface area contributed by atoms with Gasteiger partial charge in [0.25, 0.3) is 0 Å². The lowest BCUT2D eigenvalue weighted by atomic mass is 9.96. The molecule has 150 valence electrons. The van der Waals surface area contributed by atoms with E-state index in [0.29, 0.717) is 17.8 Å². The quantitative estimate of drug-likeness (QED) is 0.579. The van der Waals surface area contributed by atoms with Crippen molar-refractivity contribution in [3.63, 3.8) is 0 Å². The topological polar surface area (TPSA) is 118 Å². The number of rotatable bonds is 4. The highest BCUT2D eigenvalue weighted by molar-refractivity contribution is 5.66. The van der Waals surface area contributed by atoms with Crippen LogP contribution in [0, 0.1) is 5.82 Å². The molecule has 0 aliphatic heterocycles. The molecule has 29 heavy (non-hydrogen) atoms. The molecule has 9 nitrogen and oxygen atoms in total. The van der Waals surface area contributed by atoms with Crippen LogP contribution in [0.4, 0.5) is 21.0 Å². The third-order valence-electron chi connectivity index (χ3n) is 4.86. The zero-order valence-electron chi connectivity index (χ0n) is 15.8. The fraction of sp³-hybridized carbons (Fsp3) is 0.316. The van der Waals surface area contributed by atoms with Crippen LogP contribution in [0.5, 0.6) is 0 Å². The number of carboxylic acid groups (broad SMARTS) is 1. The van der Waals surface area contributed by atoms with E-state index in [1.807, 2.05) is 0 Å². The molecule has 0 radical (unpaired) electrons. The normalized spacial score (nSPS) is 16.0. The van der Waals surface area contributed by atoms with Crippen molar-refractivity contribution in [1.82, 2.24) is 30.0 Å². The maximum atomic E-state index is 15.0. The molecule has 1 aromatic carbocycles. The van der Waals surface area contributed by atoms with Gasteiger partial charge in [0, 0.05) is 19.3 Å². The first kappa shape index (κ1) is 18.8. The molecule has 2 heterocycles. The molecule has 0 unspecified atom stereocenters. The number of hydrogen-bond acceptors (Lipinski definition) is 6. The van der Waals surface area contributed by atoms with E-state index >= 15 is 0 Å². The van der Waals surface area contributed by atoms with Gasteiger partial charge in [0.05, 0.1) is 11.6 Å². The van der Waals surface area contributed by atoms with Gasteiger partial charge in [-0.25, -0.2) is 19.2 Å².